The van der Waals surface area contributed by atoms with Crippen LogP contribution in [-0.4, -0.2) is 10.2 Å². The SMILES string of the molecule is CC(C)c1cc(-c2occc2-c2c(C(C)C)cccc2C(C)C)n[nH]1. The number of nitrogens with zero attached hydrogens (tertiary/aromatic N) is 1. The molecule has 1 aromatic carbocycles. The Balaban J connectivity index is 2.20. The predicted molar refractivity (Wildman–Crippen MR) is 104 cm³/mol. The van der Waals surface area contributed by atoms with E-state index < -0.39 is 0 Å². The van der Waals surface area contributed by atoms with Crippen molar-refractivity contribution in [2.24, 2.45) is 0 Å². The Kier molecular flexibility index (Phi) is 4.85. The summed E-state index contributed by atoms with van der Waals surface area (Å²) in [7, 11) is 0. The van der Waals surface area contributed by atoms with Gasteiger partial charge in [-0.1, -0.05) is 59.7 Å². The van der Waals surface area contributed by atoms with Gasteiger partial charge in [-0.15, -0.1) is 0 Å². The maximum absolute atomic E-state index is 5.89. The molecule has 2 heterocycles. The summed E-state index contributed by atoms with van der Waals surface area (Å²) in [6.45, 7) is 13.3. The maximum atomic E-state index is 5.89. The minimum Gasteiger partial charge on any atom is -0.462 e. The van der Waals surface area contributed by atoms with Crippen molar-refractivity contribution in [1.82, 2.24) is 10.2 Å². The van der Waals surface area contributed by atoms with Gasteiger partial charge in [0.25, 0.3) is 0 Å². The second kappa shape index (κ2) is 6.91. The summed E-state index contributed by atoms with van der Waals surface area (Å²) in [5.74, 6) is 2.15. The minimum absolute atomic E-state index is 0.411. The zero-order valence-electron chi connectivity index (χ0n) is 16.1. The quantitative estimate of drug-likeness (QED) is 0.562. The van der Waals surface area contributed by atoms with Crippen molar-refractivity contribution in [3.05, 3.63) is 53.4 Å². The van der Waals surface area contributed by atoms with Crippen LogP contribution < -0.4 is 0 Å². The Labute approximate surface area is 150 Å². The van der Waals surface area contributed by atoms with Crippen molar-refractivity contribution >= 4 is 0 Å². The molecule has 2 aromatic heterocycles. The van der Waals surface area contributed by atoms with Crippen molar-refractivity contribution < 1.29 is 4.42 Å². The third-order valence-electron chi connectivity index (χ3n) is 4.76. The molecule has 1 N–H and O–H groups in total. The van der Waals surface area contributed by atoms with Crippen LogP contribution in [0.15, 0.2) is 41.0 Å². The van der Waals surface area contributed by atoms with Gasteiger partial charge < -0.3 is 4.42 Å². The first-order valence-electron chi connectivity index (χ1n) is 9.16. The zero-order valence-corrected chi connectivity index (χ0v) is 16.1. The summed E-state index contributed by atoms with van der Waals surface area (Å²) in [6, 6.07) is 10.8. The van der Waals surface area contributed by atoms with Crippen LogP contribution >= 0.6 is 0 Å². The lowest BCUT2D eigenvalue weighted by Gasteiger charge is -2.19. The van der Waals surface area contributed by atoms with Gasteiger partial charge in [0.15, 0.2) is 5.76 Å². The Morgan fingerprint density at radius 3 is 2.04 bits per heavy atom. The normalized spacial score (nSPS) is 11.9. The third-order valence-corrected chi connectivity index (χ3v) is 4.76. The molecular weight excluding hydrogens is 308 g/mol. The predicted octanol–water partition coefficient (Wildman–Crippen LogP) is 6.71. The van der Waals surface area contributed by atoms with E-state index in [-0.39, 0.29) is 0 Å². The van der Waals surface area contributed by atoms with Crippen LogP contribution in [-0.2, 0) is 0 Å². The van der Waals surface area contributed by atoms with Crippen LogP contribution in [0.1, 0.15) is 76.1 Å². The van der Waals surface area contributed by atoms with E-state index >= 15 is 0 Å². The van der Waals surface area contributed by atoms with Crippen molar-refractivity contribution in [3.63, 3.8) is 0 Å². The van der Waals surface area contributed by atoms with Crippen molar-refractivity contribution in [1.29, 1.82) is 0 Å². The molecule has 3 rings (SSSR count). The summed E-state index contributed by atoms with van der Waals surface area (Å²) in [4.78, 5) is 0. The topological polar surface area (TPSA) is 41.8 Å². The summed E-state index contributed by atoms with van der Waals surface area (Å²) in [5, 5.41) is 7.63. The van der Waals surface area contributed by atoms with E-state index in [9.17, 15) is 0 Å². The second-order valence-electron chi connectivity index (χ2n) is 7.65. The van der Waals surface area contributed by atoms with Gasteiger partial charge in [-0.2, -0.15) is 5.10 Å². The minimum atomic E-state index is 0.411. The Bertz CT molecular complexity index is 826. The standard InChI is InChI=1S/C22H28N2O/c1-13(2)16-8-7-9-17(14(3)4)21(16)18-10-11-25-22(18)20-12-19(15(5)6)23-24-20/h7-15H,1-6H3,(H,23,24). The van der Waals surface area contributed by atoms with Crippen LogP contribution in [0.25, 0.3) is 22.6 Å². The zero-order chi connectivity index (χ0) is 18.1. The molecular formula is C22H28N2O. The average Bonchev–Trinajstić information content (AvgIpc) is 3.22. The Hall–Kier alpha value is -2.29. The van der Waals surface area contributed by atoms with E-state index in [1.165, 1.54) is 16.7 Å². The number of H-pyrrole nitrogens is 1. The molecule has 0 spiro atoms. The average molecular weight is 336 g/mol. The summed E-state index contributed by atoms with van der Waals surface area (Å²) < 4.78 is 5.89. The molecule has 0 radical (unpaired) electrons. The molecule has 0 fully saturated rings. The number of aromatic amines is 1. The molecule has 3 aromatic rings. The molecule has 0 amide bonds. The smallest absolute Gasteiger partial charge is 0.161 e. The maximum Gasteiger partial charge on any atom is 0.161 e. The van der Waals surface area contributed by atoms with Crippen LogP contribution in [0.4, 0.5) is 0 Å². The lowest BCUT2D eigenvalue weighted by atomic mass is 9.85. The van der Waals surface area contributed by atoms with E-state index in [1.807, 2.05) is 0 Å². The van der Waals surface area contributed by atoms with Gasteiger partial charge in [0.1, 0.15) is 5.69 Å². The molecule has 0 aliphatic carbocycles. The molecule has 0 saturated carbocycles. The van der Waals surface area contributed by atoms with E-state index in [2.05, 4.69) is 82.1 Å². The van der Waals surface area contributed by atoms with E-state index in [1.54, 1.807) is 6.26 Å². The van der Waals surface area contributed by atoms with Crippen molar-refractivity contribution in [3.8, 4) is 22.6 Å². The summed E-state index contributed by atoms with van der Waals surface area (Å²) in [6.07, 6.45) is 1.77. The monoisotopic (exact) mass is 336 g/mol. The molecule has 0 unspecified atom stereocenters. The number of hydrogen-bond donors (Lipinski definition) is 1. The lowest BCUT2D eigenvalue weighted by Crippen LogP contribution is -2.00. The highest BCUT2D eigenvalue weighted by atomic mass is 16.3. The van der Waals surface area contributed by atoms with Crippen LogP contribution in [0, 0.1) is 0 Å². The molecule has 25 heavy (non-hydrogen) atoms. The molecule has 132 valence electrons. The van der Waals surface area contributed by atoms with E-state index in [0.29, 0.717) is 17.8 Å². The molecule has 0 atom stereocenters. The van der Waals surface area contributed by atoms with Gasteiger partial charge in [0.2, 0.25) is 0 Å². The molecule has 0 aliphatic heterocycles. The van der Waals surface area contributed by atoms with Gasteiger partial charge >= 0.3 is 0 Å². The number of furan rings is 1. The van der Waals surface area contributed by atoms with Gasteiger partial charge in [-0.3, -0.25) is 5.10 Å². The number of aromatic nitrogens is 2. The fourth-order valence-corrected chi connectivity index (χ4v) is 3.32. The molecule has 3 heteroatoms. The highest BCUT2D eigenvalue weighted by Gasteiger charge is 2.22. The van der Waals surface area contributed by atoms with Gasteiger partial charge in [-0.05, 0) is 46.6 Å². The number of rotatable bonds is 5. The highest BCUT2D eigenvalue weighted by molar-refractivity contribution is 5.83. The second-order valence-corrected chi connectivity index (χ2v) is 7.65. The van der Waals surface area contributed by atoms with Crippen LogP contribution in [0.3, 0.4) is 0 Å². The number of benzene rings is 1. The molecule has 3 nitrogen and oxygen atoms in total. The number of hydrogen-bond acceptors (Lipinski definition) is 2. The highest BCUT2D eigenvalue weighted by Crippen LogP contribution is 2.41. The van der Waals surface area contributed by atoms with E-state index in [0.717, 1.165) is 22.7 Å². The summed E-state index contributed by atoms with van der Waals surface area (Å²) >= 11 is 0. The fraction of sp³-hybridized carbons (Fsp3) is 0.409. The van der Waals surface area contributed by atoms with Gasteiger partial charge in [-0.25, -0.2) is 0 Å². The van der Waals surface area contributed by atoms with E-state index in [4.69, 9.17) is 4.42 Å². The van der Waals surface area contributed by atoms with Crippen molar-refractivity contribution in [2.45, 2.75) is 59.3 Å². The Morgan fingerprint density at radius 1 is 0.880 bits per heavy atom. The van der Waals surface area contributed by atoms with Gasteiger partial charge in [0, 0.05) is 11.3 Å². The fourth-order valence-electron chi connectivity index (χ4n) is 3.32. The van der Waals surface area contributed by atoms with Crippen molar-refractivity contribution in [2.75, 3.05) is 0 Å². The first-order valence-corrected chi connectivity index (χ1v) is 9.16. The molecule has 0 saturated heterocycles. The third kappa shape index (κ3) is 3.28. The van der Waals surface area contributed by atoms with Crippen LogP contribution in [0.2, 0.25) is 0 Å². The number of nitrogens with one attached hydrogen (secondary N) is 1. The first kappa shape index (κ1) is 17.5. The Morgan fingerprint density at radius 2 is 1.52 bits per heavy atom. The first-order chi connectivity index (χ1) is 11.9. The van der Waals surface area contributed by atoms with Crippen LogP contribution in [0.5, 0.6) is 0 Å². The molecule has 0 aliphatic rings. The molecule has 0 bridgehead atoms. The lowest BCUT2D eigenvalue weighted by molar-refractivity contribution is 0.580. The largest absolute Gasteiger partial charge is 0.462 e. The summed E-state index contributed by atoms with van der Waals surface area (Å²) in [5.41, 5.74) is 7.14. The van der Waals surface area contributed by atoms with Gasteiger partial charge in [0.05, 0.1) is 6.26 Å².